The zero-order chi connectivity index (χ0) is 15.5. The number of amides is 2. The summed E-state index contributed by atoms with van der Waals surface area (Å²) in [5.74, 6) is -0.558. The van der Waals surface area contributed by atoms with E-state index in [4.69, 9.17) is 5.11 Å². The molecule has 0 aromatic rings. The van der Waals surface area contributed by atoms with E-state index in [0.717, 1.165) is 0 Å². The molecule has 0 aromatic heterocycles. The van der Waals surface area contributed by atoms with Crippen LogP contribution in [0.25, 0.3) is 0 Å². The number of hydrogen-bond donors (Lipinski definition) is 2. The lowest BCUT2D eigenvalue weighted by atomic mass is 9.91. The Labute approximate surface area is 123 Å². The Morgan fingerprint density at radius 2 is 2.00 bits per heavy atom. The average molecular weight is 302 g/mol. The molecule has 1 aliphatic heterocycles. The Balaban J connectivity index is 2.67. The van der Waals surface area contributed by atoms with Crippen molar-refractivity contribution in [2.75, 3.05) is 11.6 Å². The van der Waals surface area contributed by atoms with E-state index in [2.05, 4.69) is 5.32 Å². The van der Waals surface area contributed by atoms with Crippen LogP contribution in [0.2, 0.25) is 0 Å². The zero-order valence-electron chi connectivity index (χ0n) is 12.3. The number of carboxylic acids is 1. The van der Waals surface area contributed by atoms with E-state index in [9.17, 15) is 14.4 Å². The summed E-state index contributed by atoms with van der Waals surface area (Å²) >= 11 is 1.51. The summed E-state index contributed by atoms with van der Waals surface area (Å²) in [7, 11) is 0. The molecule has 0 saturated carbocycles. The van der Waals surface area contributed by atoms with E-state index in [1.165, 1.54) is 18.7 Å². The molecule has 1 fully saturated rings. The molecule has 1 rings (SSSR count). The second-order valence-corrected chi connectivity index (χ2v) is 7.18. The van der Waals surface area contributed by atoms with Gasteiger partial charge in [0.05, 0.1) is 5.88 Å². The largest absolute Gasteiger partial charge is 0.480 e. The van der Waals surface area contributed by atoms with Crippen LogP contribution in [0, 0.1) is 5.41 Å². The van der Waals surface area contributed by atoms with Gasteiger partial charge in [0.25, 0.3) is 0 Å². The number of thioether (sulfide) groups is 1. The minimum absolute atomic E-state index is 0.0642. The Kier molecular flexibility index (Phi) is 5.44. The number of carbonyl (C=O) groups excluding carboxylic acids is 2. The van der Waals surface area contributed by atoms with Crippen molar-refractivity contribution in [3.63, 3.8) is 0 Å². The van der Waals surface area contributed by atoms with Gasteiger partial charge in [-0.15, -0.1) is 11.8 Å². The van der Waals surface area contributed by atoms with Crippen molar-refractivity contribution in [3.8, 4) is 0 Å². The molecular formula is C13H22N2O4S. The summed E-state index contributed by atoms with van der Waals surface area (Å²) in [5.41, 5.74) is -0.139. The van der Waals surface area contributed by atoms with Crippen molar-refractivity contribution < 1.29 is 19.5 Å². The molecule has 0 aliphatic carbocycles. The van der Waals surface area contributed by atoms with E-state index >= 15 is 0 Å². The average Bonchev–Trinajstić information content (AvgIpc) is 2.74. The predicted molar refractivity (Wildman–Crippen MR) is 77.3 cm³/mol. The van der Waals surface area contributed by atoms with Crippen LogP contribution in [-0.2, 0) is 14.4 Å². The molecule has 20 heavy (non-hydrogen) atoms. The molecule has 2 N–H and O–H groups in total. The van der Waals surface area contributed by atoms with Crippen LogP contribution in [0.4, 0.5) is 0 Å². The van der Waals surface area contributed by atoms with Crippen LogP contribution in [0.15, 0.2) is 0 Å². The van der Waals surface area contributed by atoms with Crippen LogP contribution in [-0.4, -0.2) is 51.5 Å². The number of nitrogens with zero attached hydrogens (tertiary/aromatic N) is 1. The fraction of sp³-hybridized carbons (Fsp3) is 0.769. The van der Waals surface area contributed by atoms with Crippen LogP contribution < -0.4 is 5.32 Å². The highest BCUT2D eigenvalue weighted by Gasteiger charge is 2.36. The summed E-state index contributed by atoms with van der Waals surface area (Å²) in [4.78, 5) is 36.6. The van der Waals surface area contributed by atoms with Crippen molar-refractivity contribution in [1.82, 2.24) is 10.2 Å². The molecule has 2 atom stereocenters. The Bertz CT molecular complexity index is 406. The monoisotopic (exact) mass is 302 g/mol. The van der Waals surface area contributed by atoms with Gasteiger partial charge in [-0.3, -0.25) is 14.4 Å². The van der Waals surface area contributed by atoms with E-state index in [1.807, 2.05) is 20.8 Å². The van der Waals surface area contributed by atoms with Crippen molar-refractivity contribution in [1.29, 1.82) is 0 Å². The van der Waals surface area contributed by atoms with Gasteiger partial charge in [-0.2, -0.15) is 0 Å². The second kappa shape index (κ2) is 6.47. The highest BCUT2D eigenvalue weighted by molar-refractivity contribution is 7.99. The molecule has 114 valence electrons. The molecule has 1 unspecified atom stereocenters. The minimum atomic E-state index is -1.09. The highest BCUT2D eigenvalue weighted by atomic mass is 32.2. The van der Waals surface area contributed by atoms with E-state index < -0.39 is 24.0 Å². The van der Waals surface area contributed by atoms with Gasteiger partial charge in [-0.25, -0.2) is 0 Å². The fourth-order valence-corrected chi connectivity index (χ4v) is 3.01. The van der Waals surface area contributed by atoms with Gasteiger partial charge in [-0.1, -0.05) is 20.8 Å². The third-order valence-corrected chi connectivity index (χ3v) is 3.93. The molecule has 7 heteroatoms. The molecule has 0 aromatic carbocycles. The first-order valence-corrected chi connectivity index (χ1v) is 7.67. The normalized spacial score (nSPS) is 20.6. The van der Waals surface area contributed by atoms with Crippen LogP contribution >= 0.6 is 11.8 Å². The minimum Gasteiger partial charge on any atom is -0.480 e. The Hall–Kier alpha value is -1.24. The van der Waals surface area contributed by atoms with Gasteiger partial charge in [0.15, 0.2) is 0 Å². The SMILES string of the molecule is C[C@@H](NC(=O)C1CSCN1C(=O)CC(C)(C)C)C(=O)O. The molecule has 0 radical (unpaired) electrons. The van der Waals surface area contributed by atoms with Crippen LogP contribution in [0.5, 0.6) is 0 Å². The molecule has 1 saturated heterocycles. The van der Waals surface area contributed by atoms with Crippen LogP contribution in [0.1, 0.15) is 34.1 Å². The molecular weight excluding hydrogens is 280 g/mol. The molecule has 0 bridgehead atoms. The van der Waals surface area contributed by atoms with E-state index in [-0.39, 0.29) is 11.3 Å². The van der Waals surface area contributed by atoms with Gasteiger partial charge in [0.1, 0.15) is 12.1 Å². The Morgan fingerprint density at radius 3 is 2.50 bits per heavy atom. The topological polar surface area (TPSA) is 86.7 Å². The quantitative estimate of drug-likeness (QED) is 0.806. The summed E-state index contributed by atoms with van der Waals surface area (Å²) in [6, 6.07) is -1.52. The van der Waals surface area contributed by atoms with E-state index in [1.54, 1.807) is 4.90 Å². The standard InChI is InChI=1S/C13H22N2O4S/c1-8(12(18)19)14-11(17)9-6-20-7-15(9)10(16)5-13(2,3)4/h8-9H,5-7H2,1-4H3,(H,14,17)(H,18,19)/t8-,9?/m1/s1. The molecule has 6 nitrogen and oxygen atoms in total. The first-order chi connectivity index (χ1) is 9.11. The number of carboxylic acid groups (broad SMARTS) is 1. The summed E-state index contributed by atoms with van der Waals surface area (Å²) in [5, 5.41) is 11.2. The van der Waals surface area contributed by atoms with Gasteiger partial charge in [0.2, 0.25) is 11.8 Å². The van der Waals surface area contributed by atoms with Crippen molar-refractivity contribution >= 4 is 29.5 Å². The lowest BCUT2D eigenvalue weighted by Gasteiger charge is -2.27. The first-order valence-electron chi connectivity index (χ1n) is 6.52. The fourth-order valence-electron chi connectivity index (χ4n) is 1.83. The number of hydrogen-bond acceptors (Lipinski definition) is 4. The number of carbonyl (C=O) groups is 3. The third-order valence-electron chi connectivity index (χ3n) is 2.92. The summed E-state index contributed by atoms with van der Waals surface area (Å²) in [6.45, 7) is 7.31. The summed E-state index contributed by atoms with van der Waals surface area (Å²) < 4.78 is 0. The van der Waals surface area contributed by atoms with Crippen molar-refractivity contribution in [3.05, 3.63) is 0 Å². The molecule has 0 spiro atoms. The molecule has 1 aliphatic rings. The second-order valence-electron chi connectivity index (χ2n) is 6.19. The smallest absolute Gasteiger partial charge is 0.325 e. The lowest BCUT2D eigenvalue weighted by Crippen LogP contribution is -2.51. The van der Waals surface area contributed by atoms with E-state index in [0.29, 0.717) is 18.1 Å². The number of rotatable bonds is 4. The van der Waals surface area contributed by atoms with Gasteiger partial charge in [0, 0.05) is 12.2 Å². The maximum Gasteiger partial charge on any atom is 0.325 e. The third kappa shape index (κ3) is 4.70. The molecule has 1 heterocycles. The summed E-state index contributed by atoms with van der Waals surface area (Å²) in [6.07, 6.45) is 0.367. The van der Waals surface area contributed by atoms with Crippen molar-refractivity contribution in [2.45, 2.75) is 46.2 Å². The van der Waals surface area contributed by atoms with Crippen LogP contribution in [0.3, 0.4) is 0 Å². The maximum atomic E-state index is 12.2. The zero-order valence-corrected chi connectivity index (χ0v) is 13.1. The maximum absolute atomic E-state index is 12.2. The van der Waals surface area contributed by atoms with Gasteiger partial charge >= 0.3 is 5.97 Å². The highest BCUT2D eigenvalue weighted by Crippen LogP contribution is 2.26. The van der Waals surface area contributed by atoms with Gasteiger partial charge < -0.3 is 15.3 Å². The number of aliphatic carboxylic acids is 1. The first kappa shape index (κ1) is 16.8. The molecule has 2 amide bonds. The van der Waals surface area contributed by atoms with Gasteiger partial charge in [-0.05, 0) is 12.3 Å². The number of nitrogens with one attached hydrogen (secondary N) is 1. The predicted octanol–water partition coefficient (Wildman–Crippen LogP) is 0.913. The lowest BCUT2D eigenvalue weighted by molar-refractivity contribution is -0.143. The Morgan fingerprint density at radius 1 is 1.40 bits per heavy atom. The van der Waals surface area contributed by atoms with Crippen molar-refractivity contribution in [2.24, 2.45) is 5.41 Å².